The van der Waals surface area contributed by atoms with Gasteiger partial charge in [0.25, 0.3) is 0 Å². The summed E-state index contributed by atoms with van der Waals surface area (Å²) in [5.41, 5.74) is 1.30. The second kappa shape index (κ2) is 4.93. The first kappa shape index (κ1) is 13.7. The van der Waals surface area contributed by atoms with Gasteiger partial charge in [-0.15, -0.1) is 0 Å². The van der Waals surface area contributed by atoms with Crippen molar-refractivity contribution in [2.24, 2.45) is 0 Å². The summed E-state index contributed by atoms with van der Waals surface area (Å²) < 4.78 is 6.37. The first-order chi connectivity index (χ1) is 9.99. The van der Waals surface area contributed by atoms with Gasteiger partial charge in [0, 0.05) is 16.1 Å². The smallest absolute Gasteiger partial charge is 0.235 e. The lowest BCUT2D eigenvalue weighted by molar-refractivity contribution is 0.101. The van der Waals surface area contributed by atoms with Crippen LogP contribution in [0, 0.1) is 6.92 Å². The zero-order chi connectivity index (χ0) is 15.1. The number of fused-ring (bicyclic) bond motifs is 1. The molecule has 0 unspecified atom stereocenters. The van der Waals surface area contributed by atoms with E-state index in [-0.39, 0.29) is 28.6 Å². The molecule has 3 rings (SSSR count). The highest BCUT2D eigenvalue weighted by Crippen LogP contribution is 2.44. The van der Waals surface area contributed by atoms with Crippen LogP contribution in [0.2, 0.25) is 0 Å². The third-order valence-corrected chi connectivity index (χ3v) is 4.06. The molecule has 1 aliphatic rings. The minimum absolute atomic E-state index is 0.0867. The van der Waals surface area contributed by atoms with Crippen LogP contribution in [0.15, 0.2) is 40.6 Å². The molecule has 0 radical (unpaired) electrons. The van der Waals surface area contributed by atoms with E-state index < -0.39 is 5.78 Å². The number of carbonyl (C=O) groups excluding carboxylic acids is 1. The number of allylic oxidation sites excluding steroid dienone is 1. The Kier molecular flexibility index (Phi) is 3.22. The number of benzene rings is 2. The summed E-state index contributed by atoms with van der Waals surface area (Å²) in [5, 5.41) is 19.5. The van der Waals surface area contributed by atoms with Gasteiger partial charge >= 0.3 is 0 Å². The molecule has 0 saturated carbocycles. The molecule has 0 spiro atoms. The first-order valence-electron chi connectivity index (χ1n) is 6.23. The number of hydrogen-bond acceptors (Lipinski definition) is 4. The second-order valence-electron chi connectivity index (χ2n) is 4.71. The number of hydrogen-bond donors (Lipinski definition) is 2. The summed E-state index contributed by atoms with van der Waals surface area (Å²) in [7, 11) is 0. The van der Waals surface area contributed by atoms with Crippen LogP contribution in [0.25, 0.3) is 6.08 Å². The molecule has 1 heterocycles. The number of phenolic OH excluding ortho intramolecular Hbond substituents is 2. The van der Waals surface area contributed by atoms with Crippen LogP contribution in [-0.2, 0) is 0 Å². The fourth-order valence-corrected chi connectivity index (χ4v) is 2.58. The second-order valence-corrected chi connectivity index (χ2v) is 5.56. The van der Waals surface area contributed by atoms with Crippen LogP contribution < -0.4 is 4.74 Å². The van der Waals surface area contributed by atoms with E-state index in [1.54, 1.807) is 13.0 Å². The maximum atomic E-state index is 12.3. The summed E-state index contributed by atoms with van der Waals surface area (Å²) in [6.45, 7) is 1.63. The van der Waals surface area contributed by atoms with Crippen molar-refractivity contribution in [2.75, 3.05) is 0 Å². The molecule has 2 N–H and O–H groups in total. The molecule has 106 valence electrons. The zero-order valence-corrected chi connectivity index (χ0v) is 12.6. The highest BCUT2D eigenvalue weighted by Gasteiger charge is 2.33. The Morgan fingerprint density at radius 1 is 1.19 bits per heavy atom. The van der Waals surface area contributed by atoms with E-state index in [2.05, 4.69) is 15.9 Å². The summed E-state index contributed by atoms with van der Waals surface area (Å²) in [6, 6.07) is 8.55. The highest BCUT2D eigenvalue weighted by atomic mass is 79.9. The van der Waals surface area contributed by atoms with Gasteiger partial charge in [0.1, 0.15) is 22.8 Å². The van der Waals surface area contributed by atoms with E-state index in [9.17, 15) is 15.0 Å². The quantitative estimate of drug-likeness (QED) is 0.771. The molecule has 0 atom stereocenters. The van der Waals surface area contributed by atoms with Crippen LogP contribution in [0.3, 0.4) is 0 Å². The Morgan fingerprint density at radius 2 is 1.90 bits per heavy atom. The van der Waals surface area contributed by atoms with E-state index in [0.29, 0.717) is 5.56 Å². The molecule has 4 nitrogen and oxygen atoms in total. The molecule has 0 fully saturated rings. The van der Waals surface area contributed by atoms with E-state index >= 15 is 0 Å². The van der Waals surface area contributed by atoms with Gasteiger partial charge in [0.15, 0.2) is 5.76 Å². The van der Waals surface area contributed by atoms with Crippen molar-refractivity contribution in [1.29, 1.82) is 0 Å². The Hall–Kier alpha value is -2.27. The molecule has 0 bridgehead atoms. The van der Waals surface area contributed by atoms with E-state index in [4.69, 9.17) is 4.74 Å². The van der Waals surface area contributed by atoms with Gasteiger partial charge in [0.05, 0.1) is 0 Å². The summed E-state index contributed by atoms with van der Waals surface area (Å²) in [4.78, 5) is 12.3. The summed E-state index contributed by atoms with van der Waals surface area (Å²) >= 11 is 3.40. The topological polar surface area (TPSA) is 66.8 Å². The average Bonchev–Trinajstić information content (AvgIpc) is 2.77. The van der Waals surface area contributed by atoms with Crippen LogP contribution in [0.5, 0.6) is 17.2 Å². The van der Waals surface area contributed by atoms with E-state index in [1.165, 1.54) is 0 Å². The van der Waals surface area contributed by atoms with Gasteiger partial charge in [-0.3, -0.25) is 4.79 Å². The number of rotatable bonds is 1. The fraction of sp³-hybridized carbons (Fsp3) is 0.0625. The largest absolute Gasteiger partial charge is 0.507 e. The number of ether oxygens (including phenoxy) is 1. The number of carbonyl (C=O) groups is 1. The molecule has 5 heteroatoms. The van der Waals surface area contributed by atoms with Gasteiger partial charge in [0.2, 0.25) is 5.78 Å². The Balaban J connectivity index is 2.11. The fourth-order valence-electron chi connectivity index (χ4n) is 2.18. The van der Waals surface area contributed by atoms with Crippen molar-refractivity contribution in [1.82, 2.24) is 0 Å². The zero-order valence-electron chi connectivity index (χ0n) is 11.1. The standard InChI is InChI=1S/C16H11BrO4/c1-8-11(18)7-12(19)14-15(20)13(21-16(8)14)6-9-4-2-3-5-10(9)17/h2-7,18-19H,1H3/b13-6-. The van der Waals surface area contributed by atoms with Crippen LogP contribution in [0.4, 0.5) is 0 Å². The van der Waals surface area contributed by atoms with Gasteiger partial charge in [-0.2, -0.15) is 0 Å². The highest BCUT2D eigenvalue weighted by molar-refractivity contribution is 9.10. The monoisotopic (exact) mass is 346 g/mol. The molecule has 21 heavy (non-hydrogen) atoms. The molecule has 0 saturated heterocycles. The maximum Gasteiger partial charge on any atom is 0.235 e. The van der Waals surface area contributed by atoms with Crippen molar-refractivity contribution in [3.05, 3.63) is 57.3 Å². The molecule has 0 aliphatic carbocycles. The number of Topliss-reactive ketones (excluding diaryl/α,β-unsaturated/α-hetero) is 1. The molecule has 0 amide bonds. The van der Waals surface area contributed by atoms with Crippen LogP contribution >= 0.6 is 15.9 Å². The van der Waals surface area contributed by atoms with Crippen molar-refractivity contribution in [3.8, 4) is 17.2 Å². The molecular weight excluding hydrogens is 336 g/mol. The Morgan fingerprint density at radius 3 is 2.62 bits per heavy atom. The van der Waals surface area contributed by atoms with Gasteiger partial charge in [-0.05, 0) is 24.6 Å². The number of halogens is 1. The molecule has 2 aromatic rings. The Bertz CT molecular complexity index is 793. The molecule has 1 aliphatic heterocycles. The number of aromatic hydroxyl groups is 2. The molecule has 2 aromatic carbocycles. The van der Waals surface area contributed by atoms with Gasteiger partial charge in [-0.25, -0.2) is 0 Å². The minimum atomic E-state index is -0.402. The lowest BCUT2D eigenvalue weighted by Gasteiger charge is -2.05. The van der Waals surface area contributed by atoms with Gasteiger partial charge in [-0.1, -0.05) is 34.1 Å². The predicted molar refractivity (Wildman–Crippen MR) is 81.6 cm³/mol. The number of ketones is 1. The Labute approximate surface area is 129 Å². The molecule has 0 aromatic heterocycles. The van der Waals surface area contributed by atoms with E-state index in [0.717, 1.165) is 16.1 Å². The lowest BCUT2D eigenvalue weighted by Crippen LogP contribution is -1.98. The van der Waals surface area contributed by atoms with Crippen molar-refractivity contribution in [2.45, 2.75) is 6.92 Å². The maximum absolute atomic E-state index is 12.3. The molecular formula is C16H11BrO4. The normalized spacial score (nSPS) is 15.1. The first-order valence-corrected chi connectivity index (χ1v) is 7.02. The van der Waals surface area contributed by atoms with Crippen molar-refractivity contribution < 1.29 is 19.7 Å². The predicted octanol–water partition coefficient (Wildman–Crippen LogP) is 3.78. The lowest BCUT2D eigenvalue weighted by atomic mass is 10.0. The minimum Gasteiger partial charge on any atom is -0.507 e. The van der Waals surface area contributed by atoms with E-state index in [1.807, 2.05) is 24.3 Å². The number of phenols is 2. The van der Waals surface area contributed by atoms with Gasteiger partial charge < -0.3 is 14.9 Å². The average molecular weight is 347 g/mol. The third-order valence-electron chi connectivity index (χ3n) is 3.34. The summed E-state index contributed by atoms with van der Waals surface area (Å²) in [6.07, 6.45) is 1.60. The summed E-state index contributed by atoms with van der Waals surface area (Å²) in [5.74, 6) is -0.479. The van der Waals surface area contributed by atoms with Crippen LogP contribution in [-0.4, -0.2) is 16.0 Å². The van der Waals surface area contributed by atoms with Crippen molar-refractivity contribution in [3.63, 3.8) is 0 Å². The third kappa shape index (κ3) is 2.19. The SMILES string of the molecule is Cc1c(O)cc(O)c2c1O/C(=C\c1ccccc1Br)C2=O. The van der Waals surface area contributed by atoms with Crippen molar-refractivity contribution >= 4 is 27.8 Å². The van der Waals surface area contributed by atoms with Crippen LogP contribution in [0.1, 0.15) is 21.5 Å².